The Morgan fingerprint density at radius 2 is 1.92 bits per heavy atom. The predicted octanol–water partition coefficient (Wildman–Crippen LogP) is 2.61. The van der Waals surface area contributed by atoms with Crippen molar-refractivity contribution in [3.8, 4) is 0 Å². The van der Waals surface area contributed by atoms with Gasteiger partial charge in [0.1, 0.15) is 6.04 Å². The van der Waals surface area contributed by atoms with Crippen molar-refractivity contribution in [3.05, 3.63) is 58.9 Å². The fourth-order valence-corrected chi connectivity index (χ4v) is 2.95. The largest absolute Gasteiger partial charge is 0.480 e. The molecule has 1 amide bonds. The zero-order valence-electron chi connectivity index (χ0n) is 14.8. The maximum absolute atomic E-state index is 13.1. The van der Waals surface area contributed by atoms with Crippen molar-refractivity contribution in [3.63, 3.8) is 0 Å². The molecule has 0 radical (unpaired) electrons. The predicted molar refractivity (Wildman–Crippen MR) is 94.9 cm³/mol. The summed E-state index contributed by atoms with van der Waals surface area (Å²) in [5.41, 5.74) is 2.60. The van der Waals surface area contributed by atoms with Crippen LogP contribution in [0.1, 0.15) is 27.3 Å². The first-order valence-corrected chi connectivity index (χ1v) is 8.16. The number of amides is 1. The summed E-state index contributed by atoms with van der Waals surface area (Å²) in [6.45, 7) is 3.46. The number of carbonyl (C=O) groups excluding carboxylic acids is 1. The van der Waals surface area contributed by atoms with Gasteiger partial charge in [0.05, 0.1) is 16.6 Å². The molecule has 0 saturated heterocycles. The van der Waals surface area contributed by atoms with E-state index < -0.39 is 17.9 Å². The quantitative estimate of drug-likeness (QED) is 0.757. The van der Waals surface area contributed by atoms with Gasteiger partial charge in [-0.2, -0.15) is 0 Å². The Hall–Kier alpha value is -3.22. The first-order valence-electron chi connectivity index (χ1n) is 8.16. The molecule has 0 bridgehead atoms. The fraction of sp³-hybridized carbons (Fsp3) is 0.263. The summed E-state index contributed by atoms with van der Waals surface area (Å²) < 4.78 is 5.16. The Balaban J connectivity index is 1.97. The van der Waals surface area contributed by atoms with E-state index in [-0.39, 0.29) is 12.1 Å². The third-order valence-electron chi connectivity index (χ3n) is 4.32. The number of aryl methyl sites for hydroxylation is 2. The van der Waals surface area contributed by atoms with Gasteiger partial charge in [-0.15, -0.1) is 0 Å². The summed E-state index contributed by atoms with van der Waals surface area (Å²) >= 11 is 0. The van der Waals surface area contributed by atoms with Crippen LogP contribution in [0.15, 0.2) is 40.9 Å². The zero-order chi connectivity index (χ0) is 18.8. The van der Waals surface area contributed by atoms with Gasteiger partial charge in [0.2, 0.25) is 0 Å². The molecular weight excluding hydrogens is 334 g/mol. The highest BCUT2D eigenvalue weighted by atomic mass is 16.5. The number of hydrogen-bond acceptors (Lipinski definition) is 5. The Labute approximate surface area is 150 Å². The van der Waals surface area contributed by atoms with Crippen LogP contribution < -0.4 is 0 Å². The van der Waals surface area contributed by atoms with E-state index in [2.05, 4.69) is 10.1 Å². The average molecular weight is 353 g/mol. The number of aliphatic carboxylic acids is 1. The third-order valence-corrected chi connectivity index (χ3v) is 4.32. The lowest BCUT2D eigenvalue weighted by Crippen LogP contribution is -2.44. The van der Waals surface area contributed by atoms with Crippen LogP contribution >= 0.6 is 0 Å². The van der Waals surface area contributed by atoms with E-state index >= 15 is 0 Å². The van der Waals surface area contributed by atoms with Crippen LogP contribution in [0.4, 0.5) is 0 Å². The molecule has 0 aliphatic rings. The average Bonchev–Trinajstić information content (AvgIpc) is 2.99. The Kier molecular flexibility index (Phi) is 4.71. The van der Waals surface area contributed by atoms with Gasteiger partial charge in [-0.25, -0.2) is 9.78 Å². The number of fused-ring (bicyclic) bond motifs is 1. The van der Waals surface area contributed by atoms with Gasteiger partial charge in [-0.05, 0) is 25.5 Å². The number of benzene rings is 1. The van der Waals surface area contributed by atoms with Crippen molar-refractivity contribution in [2.45, 2.75) is 26.3 Å². The topological polar surface area (TPSA) is 96.5 Å². The van der Waals surface area contributed by atoms with E-state index in [0.29, 0.717) is 22.3 Å². The molecule has 3 rings (SSSR count). The fourth-order valence-electron chi connectivity index (χ4n) is 2.95. The van der Waals surface area contributed by atoms with Crippen molar-refractivity contribution in [2.24, 2.45) is 0 Å². The van der Waals surface area contributed by atoms with Gasteiger partial charge in [0.25, 0.3) is 11.6 Å². The summed E-state index contributed by atoms with van der Waals surface area (Å²) in [6, 6.07) is 9.86. The molecule has 1 unspecified atom stereocenters. The van der Waals surface area contributed by atoms with Crippen molar-refractivity contribution in [2.75, 3.05) is 7.05 Å². The number of rotatable bonds is 5. The molecule has 1 aromatic carbocycles. The highest BCUT2D eigenvalue weighted by molar-refractivity contribution is 6.06. The SMILES string of the molecule is Cc1cc(C(=O)N(C)C(Cc2ccccc2)C(=O)O)c2c(C)noc2n1. The van der Waals surface area contributed by atoms with Crippen LogP contribution in [0.3, 0.4) is 0 Å². The van der Waals surface area contributed by atoms with Gasteiger partial charge in [0.15, 0.2) is 0 Å². The minimum atomic E-state index is -1.06. The second-order valence-electron chi connectivity index (χ2n) is 6.22. The number of carboxylic acid groups (broad SMARTS) is 1. The van der Waals surface area contributed by atoms with Gasteiger partial charge in [-0.1, -0.05) is 35.5 Å². The molecular formula is C19H19N3O4. The van der Waals surface area contributed by atoms with Crippen LogP contribution in [-0.4, -0.2) is 45.1 Å². The summed E-state index contributed by atoms with van der Waals surface area (Å²) in [6.07, 6.45) is 0.217. The number of pyridine rings is 1. The van der Waals surface area contributed by atoms with Gasteiger partial charge >= 0.3 is 5.97 Å². The standard InChI is InChI=1S/C19H19N3O4/c1-11-9-14(16-12(2)21-26-17(16)20-11)18(23)22(3)15(19(24)25)10-13-7-5-4-6-8-13/h4-9,15H,10H2,1-3H3,(H,24,25). The van der Waals surface area contributed by atoms with Crippen molar-refractivity contribution in [1.82, 2.24) is 15.0 Å². The molecule has 0 spiro atoms. The molecule has 2 heterocycles. The van der Waals surface area contributed by atoms with Crippen molar-refractivity contribution >= 4 is 23.0 Å². The van der Waals surface area contributed by atoms with Gasteiger partial charge in [-0.3, -0.25) is 4.79 Å². The minimum Gasteiger partial charge on any atom is -0.480 e. The molecule has 0 saturated carbocycles. The van der Waals surface area contributed by atoms with Crippen molar-refractivity contribution in [1.29, 1.82) is 0 Å². The van der Waals surface area contributed by atoms with Crippen LogP contribution in [0, 0.1) is 13.8 Å². The lowest BCUT2D eigenvalue weighted by molar-refractivity contribution is -0.141. The number of likely N-dealkylation sites (N-methyl/N-ethyl adjacent to an activating group) is 1. The Morgan fingerprint density at radius 3 is 2.58 bits per heavy atom. The molecule has 1 atom stereocenters. The van der Waals surface area contributed by atoms with E-state index in [1.165, 1.54) is 11.9 Å². The van der Waals surface area contributed by atoms with Crippen molar-refractivity contribution < 1.29 is 19.2 Å². The van der Waals surface area contributed by atoms with Gasteiger partial charge in [0, 0.05) is 19.2 Å². The smallest absolute Gasteiger partial charge is 0.326 e. The van der Waals surface area contributed by atoms with Crippen LogP contribution in [0.25, 0.3) is 11.1 Å². The van der Waals surface area contributed by atoms with E-state index in [1.807, 2.05) is 30.3 Å². The first kappa shape index (κ1) is 17.6. The second-order valence-corrected chi connectivity index (χ2v) is 6.22. The van der Waals surface area contributed by atoms with Crippen LogP contribution in [0.2, 0.25) is 0 Å². The Morgan fingerprint density at radius 1 is 1.23 bits per heavy atom. The maximum Gasteiger partial charge on any atom is 0.326 e. The van der Waals surface area contributed by atoms with Crippen LogP contribution in [0.5, 0.6) is 0 Å². The molecule has 2 aromatic heterocycles. The van der Waals surface area contributed by atoms with E-state index in [1.54, 1.807) is 19.9 Å². The molecule has 7 heteroatoms. The maximum atomic E-state index is 13.1. The molecule has 1 N–H and O–H groups in total. The number of carboxylic acids is 1. The van der Waals surface area contributed by atoms with E-state index in [9.17, 15) is 14.7 Å². The molecule has 26 heavy (non-hydrogen) atoms. The normalized spacial score (nSPS) is 12.1. The van der Waals surface area contributed by atoms with E-state index in [4.69, 9.17) is 4.52 Å². The third kappa shape index (κ3) is 3.28. The number of nitrogens with zero attached hydrogens (tertiary/aromatic N) is 3. The Bertz CT molecular complexity index is 966. The molecule has 0 fully saturated rings. The number of carbonyl (C=O) groups is 2. The summed E-state index contributed by atoms with van der Waals surface area (Å²) in [5.74, 6) is -1.47. The zero-order valence-corrected chi connectivity index (χ0v) is 14.8. The van der Waals surface area contributed by atoms with Gasteiger partial charge < -0.3 is 14.5 Å². The summed E-state index contributed by atoms with van der Waals surface area (Å²) in [5, 5.41) is 14.0. The first-order chi connectivity index (χ1) is 12.4. The number of hydrogen-bond donors (Lipinski definition) is 1. The molecule has 0 aliphatic heterocycles. The molecule has 7 nitrogen and oxygen atoms in total. The minimum absolute atomic E-state index is 0.217. The molecule has 3 aromatic rings. The highest BCUT2D eigenvalue weighted by Crippen LogP contribution is 2.24. The molecule has 0 aliphatic carbocycles. The molecule has 134 valence electrons. The lowest BCUT2D eigenvalue weighted by Gasteiger charge is -2.25. The van der Waals surface area contributed by atoms with Crippen LogP contribution in [-0.2, 0) is 11.2 Å². The monoisotopic (exact) mass is 353 g/mol. The lowest BCUT2D eigenvalue weighted by atomic mass is 10.0. The highest BCUT2D eigenvalue weighted by Gasteiger charge is 2.29. The summed E-state index contributed by atoms with van der Waals surface area (Å²) in [7, 11) is 1.49. The number of aromatic nitrogens is 2. The summed E-state index contributed by atoms with van der Waals surface area (Å²) in [4.78, 5) is 30.3. The van der Waals surface area contributed by atoms with E-state index in [0.717, 1.165) is 5.56 Å². The second kappa shape index (κ2) is 6.95.